The highest BCUT2D eigenvalue weighted by Gasteiger charge is 2.56. The van der Waals surface area contributed by atoms with Crippen LogP contribution in [0.25, 0.3) is 0 Å². The molecule has 1 amide bonds. The first-order chi connectivity index (χ1) is 7.88. The second kappa shape index (κ2) is 5.21. The summed E-state index contributed by atoms with van der Waals surface area (Å²) in [6, 6.07) is 0. The summed E-state index contributed by atoms with van der Waals surface area (Å²) in [5.41, 5.74) is 0. The van der Waals surface area contributed by atoms with E-state index < -0.39 is 42.8 Å². The molecule has 5 N–H and O–H groups in total. The lowest BCUT2D eigenvalue weighted by Gasteiger charge is -2.45. The molecule has 1 saturated heterocycles. The minimum absolute atomic E-state index is 0.768. The fourth-order valence-corrected chi connectivity index (χ4v) is 1.57. The van der Waals surface area contributed by atoms with Crippen molar-refractivity contribution in [2.24, 2.45) is 0 Å². The SMILES string of the molecule is CC(=O)N[C@@]1(OF)O[C@H](CO)[C@@H](O)[C@H](O)[C@@H]1O. The molecule has 1 fully saturated rings. The van der Waals surface area contributed by atoms with Gasteiger partial charge in [0.2, 0.25) is 5.91 Å². The Hall–Kier alpha value is -0.840. The maximum atomic E-state index is 12.5. The molecule has 5 atom stereocenters. The zero-order chi connectivity index (χ0) is 13.2. The van der Waals surface area contributed by atoms with E-state index in [9.17, 15) is 24.6 Å². The second-order valence-electron chi connectivity index (χ2n) is 3.69. The van der Waals surface area contributed by atoms with Crippen LogP contribution in [-0.2, 0) is 14.5 Å². The minimum Gasteiger partial charge on any atom is -0.394 e. The van der Waals surface area contributed by atoms with Gasteiger partial charge in [0, 0.05) is 6.92 Å². The molecule has 1 heterocycles. The first-order valence-electron chi connectivity index (χ1n) is 4.79. The van der Waals surface area contributed by atoms with Crippen LogP contribution in [0.4, 0.5) is 4.53 Å². The van der Waals surface area contributed by atoms with Gasteiger partial charge in [-0.25, -0.2) is 0 Å². The van der Waals surface area contributed by atoms with E-state index in [2.05, 4.69) is 4.94 Å². The molecule has 1 rings (SSSR count). The van der Waals surface area contributed by atoms with Crippen LogP contribution in [0.1, 0.15) is 6.92 Å². The van der Waals surface area contributed by atoms with Crippen molar-refractivity contribution in [3.63, 3.8) is 0 Å². The Bertz CT molecular complexity index is 289. The van der Waals surface area contributed by atoms with Gasteiger partial charge >= 0.3 is 5.91 Å². The number of halogens is 1. The van der Waals surface area contributed by atoms with Gasteiger partial charge in [-0.1, -0.05) is 0 Å². The predicted molar refractivity (Wildman–Crippen MR) is 48.7 cm³/mol. The van der Waals surface area contributed by atoms with Crippen molar-refractivity contribution in [3.8, 4) is 0 Å². The molecule has 1 aliphatic heterocycles. The van der Waals surface area contributed by atoms with E-state index in [4.69, 9.17) is 9.84 Å². The number of carbonyl (C=O) groups excluding carboxylic acids is 1. The zero-order valence-corrected chi connectivity index (χ0v) is 8.91. The van der Waals surface area contributed by atoms with Gasteiger partial charge in [0.25, 0.3) is 0 Å². The lowest BCUT2D eigenvalue weighted by molar-refractivity contribution is -0.432. The van der Waals surface area contributed by atoms with Gasteiger partial charge in [-0.3, -0.25) is 4.79 Å². The van der Waals surface area contributed by atoms with Gasteiger partial charge in [-0.2, -0.15) is 0 Å². The first-order valence-corrected chi connectivity index (χ1v) is 4.79. The third kappa shape index (κ3) is 2.54. The molecule has 0 radical (unpaired) electrons. The van der Waals surface area contributed by atoms with Crippen LogP contribution in [0.3, 0.4) is 0 Å². The molecule has 0 bridgehead atoms. The largest absolute Gasteiger partial charge is 0.394 e. The van der Waals surface area contributed by atoms with Crippen molar-refractivity contribution >= 4 is 5.91 Å². The number of aliphatic hydroxyl groups is 4. The van der Waals surface area contributed by atoms with Gasteiger partial charge in [0.15, 0.2) is 6.10 Å². The number of hydrogen-bond acceptors (Lipinski definition) is 7. The third-order valence-corrected chi connectivity index (χ3v) is 2.41. The van der Waals surface area contributed by atoms with E-state index in [1.807, 2.05) is 5.32 Å². The molecule has 0 saturated carbocycles. The lowest BCUT2D eigenvalue weighted by atomic mass is 9.96. The smallest absolute Gasteiger partial charge is 0.316 e. The first kappa shape index (κ1) is 14.2. The molecule has 9 heteroatoms. The highest BCUT2D eigenvalue weighted by Crippen LogP contribution is 2.29. The summed E-state index contributed by atoms with van der Waals surface area (Å²) in [7, 11) is 0. The Morgan fingerprint density at radius 1 is 1.47 bits per heavy atom. The van der Waals surface area contributed by atoms with Gasteiger partial charge in [0.05, 0.1) is 6.61 Å². The van der Waals surface area contributed by atoms with Gasteiger partial charge in [0.1, 0.15) is 18.3 Å². The molecule has 1 aliphatic rings. The average Bonchev–Trinajstić information content (AvgIpc) is 2.29. The van der Waals surface area contributed by atoms with E-state index in [1.54, 1.807) is 0 Å². The van der Waals surface area contributed by atoms with Crippen LogP contribution in [0.5, 0.6) is 0 Å². The van der Waals surface area contributed by atoms with E-state index in [1.165, 1.54) is 0 Å². The molecular formula is C8H14FNO7. The van der Waals surface area contributed by atoms with Crippen LogP contribution in [0, 0.1) is 0 Å². The summed E-state index contributed by atoms with van der Waals surface area (Å²) in [4.78, 5) is 14.2. The zero-order valence-electron chi connectivity index (χ0n) is 8.91. The van der Waals surface area contributed by atoms with Crippen LogP contribution >= 0.6 is 0 Å². The molecule has 0 aliphatic carbocycles. The van der Waals surface area contributed by atoms with Gasteiger partial charge in [-0.15, -0.1) is 4.94 Å². The average molecular weight is 255 g/mol. The van der Waals surface area contributed by atoms with Gasteiger partial charge < -0.3 is 30.5 Å². The highest BCUT2D eigenvalue weighted by molar-refractivity contribution is 5.73. The van der Waals surface area contributed by atoms with Crippen LogP contribution < -0.4 is 5.32 Å². The predicted octanol–water partition coefficient (Wildman–Crippen LogP) is -2.85. The highest BCUT2D eigenvalue weighted by atomic mass is 19.3. The number of hydrogen-bond donors (Lipinski definition) is 5. The summed E-state index contributed by atoms with van der Waals surface area (Å²) < 4.78 is 17.2. The number of ether oxygens (including phenoxy) is 1. The maximum Gasteiger partial charge on any atom is 0.316 e. The van der Waals surface area contributed by atoms with E-state index in [0.29, 0.717) is 0 Å². The van der Waals surface area contributed by atoms with E-state index in [0.717, 1.165) is 6.92 Å². The van der Waals surface area contributed by atoms with Gasteiger partial charge in [-0.05, 0) is 4.53 Å². The summed E-state index contributed by atoms with van der Waals surface area (Å²) in [6.07, 6.45) is -6.99. The van der Waals surface area contributed by atoms with Crippen molar-refractivity contribution in [2.75, 3.05) is 6.61 Å². The molecule has 0 unspecified atom stereocenters. The summed E-state index contributed by atoms with van der Waals surface area (Å²) >= 11 is 0. The van der Waals surface area contributed by atoms with Crippen molar-refractivity contribution in [1.29, 1.82) is 0 Å². The molecule has 8 nitrogen and oxygen atoms in total. The summed E-state index contributed by atoms with van der Waals surface area (Å²) in [5, 5.41) is 39.0. The molecular weight excluding hydrogens is 241 g/mol. The fourth-order valence-electron chi connectivity index (χ4n) is 1.57. The Morgan fingerprint density at radius 3 is 2.47 bits per heavy atom. The Morgan fingerprint density at radius 2 is 2.06 bits per heavy atom. The van der Waals surface area contributed by atoms with Crippen LogP contribution in [0.15, 0.2) is 0 Å². The number of aliphatic hydroxyl groups excluding tert-OH is 4. The molecule has 17 heavy (non-hydrogen) atoms. The summed E-state index contributed by atoms with van der Waals surface area (Å²) in [5.74, 6) is -3.46. The number of carbonyl (C=O) groups is 1. The van der Waals surface area contributed by atoms with Crippen molar-refractivity contribution in [2.45, 2.75) is 37.3 Å². The second-order valence-corrected chi connectivity index (χ2v) is 3.69. The standard InChI is InChI=1S/C8H14FNO7/c1-3(12)10-8(17-9)7(15)6(14)5(13)4(2-11)16-8/h4-7,11,13-15H,2H2,1H3,(H,10,12)/t4-,5-,6+,7+,8-/m1/s1. The monoisotopic (exact) mass is 255 g/mol. The van der Waals surface area contributed by atoms with Crippen molar-refractivity contribution < 1.29 is 39.4 Å². The van der Waals surface area contributed by atoms with E-state index >= 15 is 0 Å². The molecule has 0 aromatic carbocycles. The molecule has 0 spiro atoms. The third-order valence-electron chi connectivity index (χ3n) is 2.41. The minimum atomic E-state index is -2.65. The number of amides is 1. The topological polar surface area (TPSA) is 128 Å². The van der Waals surface area contributed by atoms with Crippen molar-refractivity contribution in [1.82, 2.24) is 5.32 Å². The summed E-state index contributed by atoms with van der Waals surface area (Å²) in [6.45, 7) is 0.234. The lowest BCUT2D eigenvalue weighted by Crippen LogP contribution is -2.71. The number of nitrogens with one attached hydrogen (secondary N) is 1. The Balaban J connectivity index is 2.99. The Kier molecular flexibility index (Phi) is 4.36. The number of rotatable bonds is 3. The van der Waals surface area contributed by atoms with E-state index in [-0.39, 0.29) is 0 Å². The maximum absolute atomic E-state index is 12.5. The molecule has 0 aromatic rings. The normalized spacial score (nSPS) is 42.2. The Labute approximate surface area is 95.5 Å². The van der Waals surface area contributed by atoms with Crippen molar-refractivity contribution in [3.05, 3.63) is 0 Å². The molecule has 100 valence electrons. The van der Waals surface area contributed by atoms with Crippen LogP contribution in [0.2, 0.25) is 0 Å². The van der Waals surface area contributed by atoms with Crippen LogP contribution in [-0.4, -0.2) is 63.3 Å². The fraction of sp³-hybridized carbons (Fsp3) is 0.875. The quantitative estimate of drug-likeness (QED) is 0.343. The molecule has 0 aromatic heterocycles.